The molecular weight excluding hydrogens is 260 g/mol. The monoisotopic (exact) mass is 276 g/mol. The van der Waals surface area contributed by atoms with Gasteiger partial charge in [-0.05, 0) is 23.8 Å². The van der Waals surface area contributed by atoms with Crippen molar-refractivity contribution in [2.75, 3.05) is 13.6 Å². The van der Waals surface area contributed by atoms with Crippen molar-refractivity contribution >= 4 is 23.9 Å². The van der Waals surface area contributed by atoms with Crippen LogP contribution in [0, 0.1) is 0 Å². The van der Waals surface area contributed by atoms with Gasteiger partial charge in [0.15, 0.2) is 0 Å². The summed E-state index contributed by atoms with van der Waals surface area (Å²) in [5, 5.41) is 13.6. The maximum absolute atomic E-state index is 11.8. The zero-order valence-corrected chi connectivity index (χ0v) is 11.1. The lowest BCUT2D eigenvalue weighted by molar-refractivity contribution is -0.131. The first-order chi connectivity index (χ1) is 9.52. The summed E-state index contributed by atoms with van der Waals surface area (Å²) >= 11 is 0. The van der Waals surface area contributed by atoms with E-state index in [0.29, 0.717) is 11.1 Å². The number of carbonyl (C=O) groups is 3. The van der Waals surface area contributed by atoms with Gasteiger partial charge in [0.1, 0.15) is 0 Å². The van der Waals surface area contributed by atoms with Gasteiger partial charge in [0.2, 0.25) is 5.91 Å². The molecule has 0 fully saturated rings. The van der Waals surface area contributed by atoms with Crippen LogP contribution in [-0.2, 0) is 9.59 Å². The molecule has 1 aromatic rings. The number of nitrogens with one attached hydrogen (secondary N) is 2. The highest BCUT2D eigenvalue weighted by atomic mass is 16.4. The molecule has 20 heavy (non-hydrogen) atoms. The molecule has 0 saturated heterocycles. The second-order valence-electron chi connectivity index (χ2n) is 3.98. The van der Waals surface area contributed by atoms with Crippen molar-refractivity contribution in [1.29, 1.82) is 0 Å². The molecule has 0 atom stereocenters. The SMILES string of the molecule is CNC(=O)CCNC(=O)c1cccc(C=CC(=O)O)c1. The lowest BCUT2D eigenvalue weighted by atomic mass is 10.1. The van der Waals surface area contributed by atoms with Crippen LogP contribution in [-0.4, -0.2) is 36.5 Å². The first-order valence-electron chi connectivity index (χ1n) is 6.03. The van der Waals surface area contributed by atoms with E-state index in [1.54, 1.807) is 24.3 Å². The minimum atomic E-state index is -1.05. The van der Waals surface area contributed by atoms with Crippen LogP contribution in [0.25, 0.3) is 6.08 Å². The van der Waals surface area contributed by atoms with Crippen molar-refractivity contribution in [3.63, 3.8) is 0 Å². The summed E-state index contributed by atoms with van der Waals surface area (Å²) in [7, 11) is 1.53. The summed E-state index contributed by atoms with van der Waals surface area (Å²) in [6.07, 6.45) is 2.62. The summed E-state index contributed by atoms with van der Waals surface area (Å²) < 4.78 is 0. The van der Waals surface area contributed by atoms with Gasteiger partial charge >= 0.3 is 5.97 Å². The third kappa shape index (κ3) is 5.34. The maximum Gasteiger partial charge on any atom is 0.328 e. The Labute approximate surface area is 116 Å². The molecule has 0 aliphatic heterocycles. The lowest BCUT2D eigenvalue weighted by Gasteiger charge is -2.05. The molecule has 0 aromatic heterocycles. The van der Waals surface area contributed by atoms with Gasteiger partial charge in [0.25, 0.3) is 5.91 Å². The number of benzene rings is 1. The molecule has 0 heterocycles. The van der Waals surface area contributed by atoms with Crippen molar-refractivity contribution < 1.29 is 19.5 Å². The van der Waals surface area contributed by atoms with Gasteiger partial charge in [-0.2, -0.15) is 0 Å². The molecule has 6 heteroatoms. The van der Waals surface area contributed by atoms with E-state index < -0.39 is 5.97 Å². The third-order valence-corrected chi connectivity index (χ3v) is 2.48. The normalized spacial score (nSPS) is 10.2. The number of aliphatic carboxylic acids is 1. The fraction of sp³-hybridized carbons (Fsp3) is 0.214. The summed E-state index contributed by atoms with van der Waals surface area (Å²) in [4.78, 5) is 33.2. The second-order valence-corrected chi connectivity index (χ2v) is 3.98. The van der Waals surface area contributed by atoms with Crippen LogP contribution in [0.3, 0.4) is 0 Å². The molecule has 0 unspecified atom stereocenters. The van der Waals surface area contributed by atoms with Crippen LogP contribution in [0.4, 0.5) is 0 Å². The number of carbonyl (C=O) groups excluding carboxylic acids is 2. The largest absolute Gasteiger partial charge is 0.478 e. The zero-order chi connectivity index (χ0) is 15.0. The molecule has 0 aliphatic carbocycles. The molecule has 0 saturated carbocycles. The van der Waals surface area contributed by atoms with Crippen LogP contribution in [0.15, 0.2) is 30.3 Å². The Hall–Kier alpha value is -2.63. The number of hydrogen-bond acceptors (Lipinski definition) is 3. The average molecular weight is 276 g/mol. The molecule has 6 nitrogen and oxygen atoms in total. The fourth-order valence-corrected chi connectivity index (χ4v) is 1.47. The molecule has 0 bridgehead atoms. The van der Waals surface area contributed by atoms with Crippen molar-refractivity contribution in [3.05, 3.63) is 41.5 Å². The van der Waals surface area contributed by atoms with E-state index in [9.17, 15) is 14.4 Å². The van der Waals surface area contributed by atoms with Gasteiger partial charge in [-0.15, -0.1) is 0 Å². The van der Waals surface area contributed by atoms with E-state index in [1.165, 1.54) is 13.1 Å². The van der Waals surface area contributed by atoms with Crippen LogP contribution in [0.5, 0.6) is 0 Å². The highest BCUT2D eigenvalue weighted by Gasteiger charge is 2.06. The third-order valence-electron chi connectivity index (χ3n) is 2.48. The Morgan fingerprint density at radius 1 is 1.30 bits per heavy atom. The molecule has 1 aromatic carbocycles. The van der Waals surface area contributed by atoms with Crippen molar-refractivity contribution in [2.45, 2.75) is 6.42 Å². The number of hydrogen-bond donors (Lipinski definition) is 3. The topological polar surface area (TPSA) is 95.5 Å². The van der Waals surface area contributed by atoms with Crippen LogP contribution >= 0.6 is 0 Å². The van der Waals surface area contributed by atoms with E-state index in [4.69, 9.17) is 5.11 Å². The van der Waals surface area contributed by atoms with Gasteiger partial charge in [0, 0.05) is 31.7 Å². The van der Waals surface area contributed by atoms with Crippen molar-refractivity contribution in [1.82, 2.24) is 10.6 Å². The predicted octanol–water partition coefficient (Wildman–Crippen LogP) is 0.650. The first kappa shape index (κ1) is 15.4. The average Bonchev–Trinajstić information content (AvgIpc) is 2.45. The van der Waals surface area contributed by atoms with Crippen LogP contribution in [0.1, 0.15) is 22.3 Å². The first-order valence-corrected chi connectivity index (χ1v) is 6.03. The Bertz CT molecular complexity index is 538. The molecule has 0 spiro atoms. The van der Waals surface area contributed by atoms with Gasteiger partial charge in [0.05, 0.1) is 0 Å². The van der Waals surface area contributed by atoms with E-state index in [-0.39, 0.29) is 24.8 Å². The van der Waals surface area contributed by atoms with E-state index in [2.05, 4.69) is 10.6 Å². The number of amides is 2. The van der Waals surface area contributed by atoms with E-state index in [0.717, 1.165) is 6.08 Å². The molecule has 1 rings (SSSR count). The molecule has 0 aliphatic rings. The Morgan fingerprint density at radius 2 is 2.05 bits per heavy atom. The van der Waals surface area contributed by atoms with Crippen LogP contribution in [0.2, 0.25) is 0 Å². The Kier molecular flexibility index (Phi) is 5.96. The van der Waals surface area contributed by atoms with Crippen LogP contribution < -0.4 is 10.6 Å². The Morgan fingerprint density at radius 3 is 2.70 bits per heavy atom. The molecule has 106 valence electrons. The number of carboxylic acid groups (broad SMARTS) is 1. The molecule has 3 N–H and O–H groups in total. The van der Waals surface area contributed by atoms with E-state index in [1.807, 2.05) is 0 Å². The molecular formula is C14H16N2O4. The number of rotatable bonds is 6. The predicted molar refractivity (Wildman–Crippen MR) is 74.1 cm³/mol. The quantitative estimate of drug-likeness (QED) is 0.665. The van der Waals surface area contributed by atoms with Crippen molar-refractivity contribution in [2.24, 2.45) is 0 Å². The van der Waals surface area contributed by atoms with Gasteiger partial charge in [-0.1, -0.05) is 12.1 Å². The highest BCUT2D eigenvalue weighted by molar-refractivity contribution is 5.95. The van der Waals surface area contributed by atoms with Gasteiger partial charge < -0.3 is 15.7 Å². The Balaban J connectivity index is 2.62. The lowest BCUT2D eigenvalue weighted by Crippen LogP contribution is -2.29. The zero-order valence-electron chi connectivity index (χ0n) is 11.1. The minimum absolute atomic E-state index is 0.150. The fourth-order valence-electron chi connectivity index (χ4n) is 1.47. The highest BCUT2D eigenvalue weighted by Crippen LogP contribution is 2.07. The van der Waals surface area contributed by atoms with Gasteiger partial charge in [-0.3, -0.25) is 9.59 Å². The number of carboxylic acids is 1. The standard InChI is InChI=1S/C14H16N2O4/c1-15-12(17)7-8-16-14(20)11-4-2-3-10(9-11)5-6-13(18)19/h2-6,9H,7-8H2,1H3,(H,15,17)(H,16,20)(H,18,19). The maximum atomic E-state index is 11.8. The van der Waals surface area contributed by atoms with Crippen molar-refractivity contribution in [3.8, 4) is 0 Å². The van der Waals surface area contributed by atoms with Gasteiger partial charge in [-0.25, -0.2) is 4.79 Å². The smallest absolute Gasteiger partial charge is 0.328 e. The summed E-state index contributed by atoms with van der Waals surface area (Å²) in [5.74, 6) is -1.51. The summed E-state index contributed by atoms with van der Waals surface area (Å²) in [6, 6.07) is 6.55. The minimum Gasteiger partial charge on any atom is -0.478 e. The molecule has 2 amide bonds. The summed E-state index contributed by atoms with van der Waals surface area (Å²) in [6.45, 7) is 0.244. The molecule has 0 radical (unpaired) electrons. The second kappa shape index (κ2) is 7.73. The van der Waals surface area contributed by atoms with E-state index >= 15 is 0 Å². The summed E-state index contributed by atoms with van der Waals surface area (Å²) in [5.41, 5.74) is 1.03.